The minimum absolute atomic E-state index is 0.0680. The van der Waals surface area contributed by atoms with Crippen LogP contribution in [0.25, 0.3) is 0 Å². The molecular weight excluding hydrogens is 431 g/mol. The molecule has 5 nitrogen and oxygen atoms in total. The molecule has 31 heavy (non-hydrogen) atoms. The third kappa shape index (κ3) is 8.33. The number of allylic oxidation sites excluding steroid dienone is 2. The zero-order valence-corrected chi connectivity index (χ0v) is 20.3. The van der Waals surface area contributed by atoms with E-state index >= 15 is 0 Å². The molecule has 0 fully saturated rings. The Balaban J connectivity index is 2.26. The first-order valence-electron chi connectivity index (χ1n) is 10.7. The van der Waals surface area contributed by atoms with Gasteiger partial charge in [0.15, 0.2) is 6.29 Å². The van der Waals surface area contributed by atoms with Crippen LogP contribution in [0.5, 0.6) is 0 Å². The number of nitrogens with two attached hydrogens (primary N) is 1. The molecule has 3 N–H and O–H groups in total. The van der Waals surface area contributed by atoms with Gasteiger partial charge < -0.3 is 11.1 Å². The van der Waals surface area contributed by atoms with Gasteiger partial charge in [0.25, 0.3) is 0 Å². The maximum absolute atomic E-state index is 13.4. The minimum atomic E-state index is -0.996. The molecule has 1 aromatic heterocycles. The van der Waals surface area contributed by atoms with Crippen molar-refractivity contribution in [2.75, 3.05) is 5.75 Å². The van der Waals surface area contributed by atoms with E-state index in [1.165, 1.54) is 6.92 Å². The summed E-state index contributed by atoms with van der Waals surface area (Å²) in [4.78, 5) is 21.2. The van der Waals surface area contributed by atoms with Crippen LogP contribution in [-0.4, -0.2) is 45.6 Å². The fraction of sp³-hybridized carbons (Fsp3) is 0.522. The lowest BCUT2D eigenvalue weighted by molar-refractivity contribution is 0.111. The van der Waals surface area contributed by atoms with E-state index in [2.05, 4.69) is 29.1 Å². The van der Waals surface area contributed by atoms with E-state index in [1.54, 1.807) is 35.8 Å². The molecule has 2 heterocycles. The summed E-state index contributed by atoms with van der Waals surface area (Å²) >= 11 is 3.27. The highest BCUT2D eigenvalue weighted by Crippen LogP contribution is 2.32. The number of thioether (sulfide) groups is 2. The number of nitrogens with one attached hydrogen (secondary N) is 1. The molecule has 0 amide bonds. The van der Waals surface area contributed by atoms with Gasteiger partial charge in [-0.2, -0.15) is 0 Å². The number of alkyl halides is 1. The molecule has 0 radical (unpaired) electrons. The van der Waals surface area contributed by atoms with Crippen molar-refractivity contribution in [1.29, 1.82) is 0 Å². The molecule has 170 valence electrons. The third-order valence-corrected chi connectivity index (χ3v) is 7.39. The SMILES string of the molecule is CCCC(N/C=C(\N)C1=NC(C)CS1)C(C/C=C/C(C)F)Sc1cc(C)cnc1C=O. The Morgan fingerprint density at radius 2 is 2.29 bits per heavy atom. The summed E-state index contributed by atoms with van der Waals surface area (Å²) in [5.74, 6) is 0.946. The van der Waals surface area contributed by atoms with E-state index in [-0.39, 0.29) is 17.3 Å². The Bertz CT molecular complexity index is 826. The van der Waals surface area contributed by atoms with Crippen LogP contribution in [0.3, 0.4) is 0 Å². The predicted molar refractivity (Wildman–Crippen MR) is 132 cm³/mol. The highest BCUT2D eigenvalue weighted by molar-refractivity contribution is 8.14. The number of hydrogen-bond donors (Lipinski definition) is 2. The second-order valence-corrected chi connectivity index (χ2v) is 10.1. The molecule has 0 aromatic carbocycles. The average molecular weight is 465 g/mol. The van der Waals surface area contributed by atoms with Crippen molar-refractivity contribution in [3.63, 3.8) is 0 Å². The van der Waals surface area contributed by atoms with Crippen LogP contribution in [0.2, 0.25) is 0 Å². The Morgan fingerprint density at radius 1 is 1.52 bits per heavy atom. The number of carbonyl (C=O) groups is 1. The van der Waals surface area contributed by atoms with E-state index in [9.17, 15) is 9.18 Å². The molecule has 1 aromatic rings. The summed E-state index contributed by atoms with van der Waals surface area (Å²) < 4.78 is 13.4. The number of carbonyl (C=O) groups excluding carboxylic acids is 1. The molecule has 0 aliphatic carbocycles. The second kappa shape index (κ2) is 12.9. The van der Waals surface area contributed by atoms with Crippen LogP contribution in [0.4, 0.5) is 4.39 Å². The number of halogens is 1. The molecule has 1 aliphatic rings. The van der Waals surface area contributed by atoms with Crippen LogP contribution in [-0.2, 0) is 0 Å². The van der Waals surface area contributed by atoms with Crippen molar-refractivity contribution in [2.45, 2.75) is 75.4 Å². The molecule has 0 saturated heterocycles. The van der Waals surface area contributed by atoms with Gasteiger partial charge in [0.1, 0.15) is 16.9 Å². The lowest BCUT2D eigenvalue weighted by atomic mass is 10.1. The quantitative estimate of drug-likeness (QED) is 0.256. The molecule has 4 atom stereocenters. The van der Waals surface area contributed by atoms with E-state index in [1.807, 2.05) is 25.3 Å². The first-order valence-corrected chi connectivity index (χ1v) is 12.5. The van der Waals surface area contributed by atoms with Crippen molar-refractivity contribution >= 4 is 34.9 Å². The lowest BCUT2D eigenvalue weighted by Crippen LogP contribution is -2.36. The fourth-order valence-corrected chi connectivity index (χ4v) is 5.51. The van der Waals surface area contributed by atoms with Crippen molar-refractivity contribution in [1.82, 2.24) is 10.3 Å². The molecule has 1 aliphatic heterocycles. The van der Waals surface area contributed by atoms with Gasteiger partial charge in [-0.25, -0.2) is 4.39 Å². The Labute approximate surface area is 193 Å². The summed E-state index contributed by atoms with van der Waals surface area (Å²) in [5, 5.41) is 4.42. The molecule has 4 unspecified atom stereocenters. The standard InChI is InChI=1S/C23H33FN4OS2/c1-5-7-19(27-12-18(25)23-28-17(4)14-30-23)21(9-6-8-16(3)24)31-22-10-15(2)11-26-20(22)13-29/h6,8,10-13,16-17,19,21,27H,5,7,9,14,25H2,1-4H3/b8-6+,18-12-. The molecule has 0 spiro atoms. The number of hydrogen-bond acceptors (Lipinski definition) is 7. The molecule has 0 saturated carbocycles. The summed E-state index contributed by atoms with van der Waals surface area (Å²) in [6, 6.07) is 2.34. The number of pyridine rings is 1. The number of nitrogens with zero attached hydrogens (tertiary/aromatic N) is 2. The van der Waals surface area contributed by atoms with Crippen LogP contribution >= 0.6 is 23.5 Å². The van der Waals surface area contributed by atoms with Gasteiger partial charge in [0.05, 0.1) is 11.7 Å². The van der Waals surface area contributed by atoms with E-state index in [0.717, 1.165) is 40.4 Å². The van der Waals surface area contributed by atoms with E-state index in [4.69, 9.17) is 5.73 Å². The minimum Gasteiger partial charge on any atom is -0.395 e. The summed E-state index contributed by atoms with van der Waals surface area (Å²) in [6.07, 6.45) is 9.32. The van der Waals surface area contributed by atoms with Crippen LogP contribution < -0.4 is 11.1 Å². The maximum atomic E-state index is 13.4. The average Bonchev–Trinajstić information content (AvgIpc) is 3.16. The van der Waals surface area contributed by atoms with Gasteiger partial charge in [-0.3, -0.25) is 14.8 Å². The lowest BCUT2D eigenvalue weighted by Gasteiger charge is -2.27. The Morgan fingerprint density at radius 3 is 2.90 bits per heavy atom. The topological polar surface area (TPSA) is 80.4 Å². The maximum Gasteiger partial charge on any atom is 0.169 e. The van der Waals surface area contributed by atoms with Crippen molar-refractivity contribution in [3.8, 4) is 0 Å². The van der Waals surface area contributed by atoms with Gasteiger partial charge in [-0.05, 0) is 45.2 Å². The van der Waals surface area contributed by atoms with Crippen molar-refractivity contribution in [3.05, 3.63) is 47.6 Å². The monoisotopic (exact) mass is 464 g/mol. The number of aldehydes is 1. The van der Waals surface area contributed by atoms with E-state index in [0.29, 0.717) is 17.8 Å². The zero-order valence-electron chi connectivity index (χ0n) is 18.7. The third-order valence-electron chi connectivity index (χ3n) is 4.73. The van der Waals surface area contributed by atoms with Crippen LogP contribution in [0.15, 0.2) is 46.2 Å². The van der Waals surface area contributed by atoms with Crippen molar-refractivity contribution < 1.29 is 9.18 Å². The Hall–Kier alpha value is -1.80. The van der Waals surface area contributed by atoms with Crippen molar-refractivity contribution in [2.24, 2.45) is 10.7 Å². The Kier molecular flexibility index (Phi) is 10.6. The van der Waals surface area contributed by atoms with E-state index < -0.39 is 6.17 Å². The summed E-state index contributed by atoms with van der Waals surface area (Å²) in [6.45, 7) is 7.68. The first-order chi connectivity index (χ1) is 14.8. The van der Waals surface area contributed by atoms with Gasteiger partial charge in [0.2, 0.25) is 0 Å². The number of aliphatic imine (C=N–C) groups is 1. The van der Waals surface area contributed by atoms with Gasteiger partial charge >= 0.3 is 0 Å². The largest absolute Gasteiger partial charge is 0.395 e. The number of aromatic nitrogens is 1. The first kappa shape index (κ1) is 25.5. The molecule has 2 rings (SSSR count). The predicted octanol–water partition coefficient (Wildman–Crippen LogP) is 5.06. The normalized spacial score (nSPS) is 19.8. The summed E-state index contributed by atoms with van der Waals surface area (Å²) in [5.41, 5.74) is 8.33. The highest BCUT2D eigenvalue weighted by Gasteiger charge is 2.23. The summed E-state index contributed by atoms with van der Waals surface area (Å²) in [7, 11) is 0. The fourth-order valence-electron chi connectivity index (χ4n) is 3.17. The van der Waals surface area contributed by atoms with Crippen LogP contribution in [0.1, 0.15) is 56.1 Å². The molecule has 8 heteroatoms. The molecular formula is C23H33FN4OS2. The van der Waals surface area contributed by atoms with Gasteiger partial charge in [-0.15, -0.1) is 23.5 Å². The number of aryl methyl sites for hydroxylation is 1. The number of rotatable bonds is 12. The highest BCUT2D eigenvalue weighted by atomic mass is 32.2. The van der Waals surface area contributed by atoms with Gasteiger partial charge in [0, 0.05) is 34.3 Å². The van der Waals surface area contributed by atoms with Crippen LogP contribution in [0, 0.1) is 6.92 Å². The second-order valence-electron chi connectivity index (χ2n) is 7.77. The van der Waals surface area contributed by atoms with Gasteiger partial charge in [-0.1, -0.05) is 25.5 Å². The molecule has 0 bridgehead atoms. The smallest absolute Gasteiger partial charge is 0.169 e. The zero-order chi connectivity index (χ0) is 22.8.